The molecule has 0 spiro atoms. The Kier molecular flexibility index (Phi) is 3.82. The largest absolute Gasteiger partial charge is 0.306 e. The molecule has 0 saturated carbocycles. The van der Waals surface area contributed by atoms with E-state index >= 15 is 0 Å². The second kappa shape index (κ2) is 5.48. The Hall–Kier alpha value is -1.29. The van der Waals surface area contributed by atoms with Gasteiger partial charge in [0.2, 0.25) is 5.03 Å². The van der Waals surface area contributed by atoms with Gasteiger partial charge in [0, 0.05) is 30.3 Å². The number of nitrogens with two attached hydrogens (primary N) is 1. The molecule has 21 heavy (non-hydrogen) atoms. The van der Waals surface area contributed by atoms with Crippen LogP contribution in [0.2, 0.25) is 0 Å². The summed E-state index contributed by atoms with van der Waals surface area (Å²) in [4.78, 5) is 4.23. The Labute approximate surface area is 127 Å². The minimum Gasteiger partial charge on any atom is -0.306 e. The number of nitrogens with one attached hydrogen (secondary N) is 1. The topological polar surface area (TPSA) is 92.7 Å². The molecule has 1 aliphatic heterocycles. The zero-order valence-corrected chi connectivity index (χ0v) is 13.2. The van der Waals surface area contributed by atoms with E-state index < -0.39 is 10.0 Å². The molecule has 1 fully saturated rings. The monoisotopic (exact) mass is 327 g/mol. The smallest absolute Gasteiger partial charge is 0.263 e. The molecule has 0 amide bonds. The first kappa shape index (κ1) is 14.6. The minimum atomic E-state index is -3.66. The van der Waals surface area contributed by atoms with Gasteiger partial charge in [0.05, 0.1) is 0 Å². The van der Waals surface area contributed by atoms with Crippen molar-refractivity contribution in [1.29, 1.82) is 0 Å². The van der Waals surface area contributed by atoms with Gasteiger partial charge >= 0.3 is 0 Å². The van der Waals surface area contributed by atoms with E-state index in [1.165, 1.54) is 4.31 Å². The molecule has 0 bridgehead atoms. The molecule has 3 rings (SSSR count). The summed E-state index contributed by atoms with van der Waals surface area (Å²) in [6, 6.07) is 5.27. The van der Waals surface area contributed by atoms with Crippen LogP contribution in [0.3, 0.4) is 0 Å². The van der Waals surface area contributed by atoms with E-state index in [9.17, 15) is 8.42 Å². The number of imidazole rings is 1. The van der Waals surface area contributed by atoms with Crippen LogP contribution in [0.5, 0.6) is 0 Å². The Morgan fingerprint density at radius 3 is 3.00 bits per heavy atom. The molecule has 1 atom stereocenters. The number of hydrogen-bond acceptors (Lipinski definition) is 6. The zero-order valence-electron chi connectivity index (χ0n) is 11.6. The first-order valence-corrected chi connectivity index (χ1v) is 9.18. The fraction of sp³-hybridized carbons (Fsp3) is 0.417. The maximum absolute atomic E-state index is 13.0. The number of anilines is 1. The molecule has 7 nitrogen and oxygen atoms in total. The van der Waals surface area contributed by atoms with Gasteiger partial charge in [-0.1, -0.05) is 6.07 Å². The second-order valence-electron chi connectivity index (χ2n) is 4.88. The average molecular weight is 327 g/mol. The van der Waals surface area contributed by atoms with Gasteiger partial charge in [-0.3, -0.25) is 4.40 Å². The van der Waals surface area contributed by atoms with E-state index in [0.717, 1.165) is 11.5 Å². The quantitative estimate of drug-likeness (QED) is 0.638. The molecule has 2 aromatic heterocycles. The zero-order chi connectivity index (χ0) is 15.0. The predicted molar refractivity (Wildman–Crippen MR) is 83.7 cm³/mol. The van der Waals surface area contributed by atoms with E-state index in [2.05, 4.69) is 10.4 Å². The van der Waals surface area contributed by atoms with Crippen LogP contribution in [0.25, 0.3) is 5.65 Å². The fourth-order valence-corrected chi connectivity index (χ4v) is 5.57. The van der Waals surface area contributed by atoms with Crippen LogP contribution in [-0.2, 0) is 10.0 Å². The molecule has 114 valence electrons. The Morgan fingerprint density at radius 1 is 1.48 bits per heavy atom. The van der Waals surface area contributed by atoms with Gasteiger partial charge in [-0.2, -0.15) is 16.1 Å². The molecular weight excluding hydrogens is 310 g/mol. The summed E-state index contributed by atoms with van der Waals surface area (Å²) in [6.07, 6.45) is 1.68. The van der Waals surface area contributed by atoms with Gasteiger partial charge in [0.25, 0.3) is 10.0 Å². The maximum atomic E-state index is 13.0. The Morgan fingerprint density at radius 2 is 2.29 bits per heavy atom. The summed E-state index contributed by atoms with van der Waals surface area (Å²) in [7, 11) is -3.66. The molecule has 9 heteroatoms. The second-order valence-corrected chi connectivity index (χ2v) is 7.83. The van der Waals surface area contributed by atoms with Crippen molar-refractivity contribution in [2.45, 2.75) is 18.0 Å². The SMILES string of the molecule is CC1CSCCN1S(=O)(=O)c1c(NN)nc2ccccn12. The minimum absolute atomic E-state index is 0.0476. The van der Waals surface area contributed by atoms with Gasteiger partial charge in [-0.25, -0.2) is 19.2 Å². The van der Waals surface area contributed by atoms with Crippen LogP contribution in [0.15, 0.2) is 29.4 Å². The highest BCUT2D eigenvalue weighted by Crippen LogP contribution is 2.29. The number of nitrogen functional groups attached to an aromatic ring is 1. The third-order valence-corrected chi connectivity index (χ3v) is 6.71. The summed E-state index contributed by atoms with van der Waals surface area (Å²) in [5, 5.41) is 0.0966. The molecule has 0 radical (unpaired) electrons. The highest BCUT2D eigenvalue weighted by Gasteiger charge is 2.35. The molecular formula is C12H17N5O2S2. The Bertz CT molecular complexity index is 758. The van der Waals surface area contributed by atoms with Gasteiger partial charge in [-0.15, -0.1) is 0 Å². The highest BCUT2D eigenvalue weighted by atomic mass is 32.2. The van der Waals surface area contributed by atoms with E-state index in [1.54, 1.807) is 40.6 Å². The Balaban J connectivity index is 2.18. The van der Waals surface area contributed by atoms with E-state index in [4.69, 9.17) is 5.84 Å². The van der Waals surface area contributed by atoms with Crippen LogP contribution in [0.4, 0.5) is 5.82 Å². The molecule has 0 aromatic carbocycles. The third-order valence-electron chi connectivity index (χ3n) is 3.48. The van der Waals surface area contributed by atoms with Crippen molar-refractivity contribution in [1.82, 2.24) is 13.7 Å². The molecule has 3 heterocycles. The fourth-order valence-electron chi connectivity index (χ4n) is 2.49. The van der Waals surface area contributed by atoms with Crippen molar-refractivity contribution in [2.24, 2.45) is 5.84 Å². The summed E-state index contributed by atoms with van der Waals surface area (Å²) < 4.78 is 29.1. The molecule has 1 unspecified atom stereocenters. The first-order valence-electron chi connectivity index (χ1n) is 6.59. The molecule has 1 saturated heterocycles. The van der Waals surface area contributed by atoms with E-state index in [0.29, 0.717) is 12.2 Å². The van der Waals surface area contributed by atoms with E-state index in [-0.39, 0.29) is 16.9 Å². The predicted octanol–water partition coefficient (Wildman–Crippen LogP) is 0.746. The summed E-state index contributed by atoms with van der Waals surface area (Å²) in [6.45, 7) is 2.42. The van der Waals surface area contributed by atoms with Crippen molar-refractivity contribution in [3.8, 4) is 0 Å². The van der Waals surface area contributed by atoms with Gasteiger partial charge in [0.15, 0.2) is 5.82 Å². The number of hydrogen-bond donors (Lipinski definition) is 2. The van der Waals surface area contributed by atoms with Crippen molar-refractivity contribution < 1.29 is 8.42 Å². The number of aromatic nitrogens is 2. The first-order chi connectivity index (χ1) is 10.1. The van der Waals surface area contributed by atoms with Crippen LogP contribution in [-0.4, -0.2) is 46.2 Å². The number of hydrazine groups is 1. The van der Waals surface area contributed by atoms with Gasteiger partial charge in [-0.05, 0) is 19.1 Å². The van der Waals surface area contributed by atoms with Crippen LogP contribution in [0.1, 0.15) is 6.92 Å². The lowest BCUT2D eigenvalue weighted by Gasteiger charge is -2.31. The summed E-state index contributed by atoms with van der Waals surface area (Å²) >= 11 is 1.76. The van der Waals surface area contributed by atoms with Gasteiger partial charge < -0.3 is 5.43 Å². The lowest BCUT2D eigenvalue weighted by molar-refractivity contribution is 0.366. The number of nitrogens with zero attached hydrogens (tertiary/aromatic N) is 3. The van der Waals surface area contributed by atoms with Crippen molar-refractivity contribution in [3.05, 3.63) is 24.4 Å². The van der Waals surface area contributed by atoms with E-state index in [1.807, 2.05) is 6.92 Å². The lowest BCUT2D eigenvalue weighted by Crippen LogP contribution is -2.44. The van der Waals surface area contributed by atoms with Crippen molar-refractivity contribution in [2.75, 3.05) is 23.5 Å². The average Bonchev–Trinajstić information content (AvgIpc) is 2.86. The van der Waals surface area contributed by atoms with Crippen molar-refractivity contribution in [3.63, 3.8) is 0 Å². The molecule has 1 aliphatic rings. The molecule has 2 aromatic rings. The normalized spacial score (nSPS) is 20.8. The van der Waals surface area contributed by atoms with Crippen molar-refractivity contribution >= 4 is 33.3 Å². The number of pyridine rings is 1. The third kappa shape index (κ3) is 2.39. The molecule has 3 N–H and O–H groups in total. The lowest BCUT2D eigenvalue weighted by atomic mass is 10.4. The maximum Gasteiger partial charge on any atom is 0.263 e. The number of fused-ring (bicyclic) bond motifs is 1. The number of rotatable bonds is 3. The van der Waals surface area contributed by atoms with Crippen LogP contribution >= 0.6 is 11.8 Å². The molecule has 0 aliphatic carbocycles. The van der Waals surface area contributed by atoms with Crippen LogP contribution in [0, 0.1) is 0 Å². The standard InChI is InChI=1S/C12H17N5O2S2/c1-9-8-20-7-6-17(9)21(18,19)12-11(15-13)14-10-4-2-3-5-16(10)12/h2-5,9,15H,6-8,13H2,1H3. The number of thioether (sulfide) groups is 1. The summed E-state index contributed by atoms with van der Waals surface area (Å²) in [5.41, 5.74) is 2.95. The van der Waals surface area contributed by atoms with Gasteiger partial charge in [0.1, 0.15) is 5.65 Å². The number of sulfonamides is 1. The highest BCUT2D eigenvalue weighted by molar-refractivity contribution is 7.99. The summed E-state index contributed by atoms with van der Waals surface area (Å²) in [5.74, 6) is 7.23. The van der Waals surface area contributed by atoms with Crippen LogP contribution < -0.4 is 11.3 Å².